The van der Waals surface area contributed by atoms with Crippen molar-refractivity contribution in [3.8, 4) is 0 Å². The topological polar surface area (TPSA) is 58.4 Å². The number of imidazole rings is 1. The first-order valence-corrected chi connectivity index (χ1v) is 6.58. The normalized spacial score (nSPS) is 13.0. The number of carboxylic acids is 1. The van der Waals surface area contributed by atoms with Gasteiger partial charge in [-0.3, -0.25) is 0 Å². The number of fused-ring (bicyclic) bond motifs is 1. The summed E-state index contributed by atoms with van der Waals surface area (Å²) >= 11 is 0. The monoisotopic (exact) mass is 297 g/mol. The molecule has 1 N–H and O–H groups in total. The molecule has 0 aliphatic heterocycles. The fourth-order valence-corrected chi connectivity index (χ4v) is 2.35. The van der Waals surface area contributed by atoms with Gasteiger partial charge < -0.3 is 14.6 Å². The maximum atomic E-state index is 13.5. The van der Waals surface area contributed by atoms with Crippen LogP contribution in [0.15, 0.2) is 12.1 Å². The fraction of sp³-hybridized carbons (Fsp3) is 0.429. The molecule has 0 spiro atoms. The molecular weight excluding hydrogens is 280 g/mol. The molecule has 1 aromatic heterocycles. The summed E-state index contributed by atoms with van der Waals surface area (Å²) in [7, 11) is 3.62. The van der Waals surface area contributed by atoms with Gasteiger partial charge in [0.05, 0.1) is 17.6 Å². The Bertz CT molecular complexity index is 682. The second-order valence-corrected chi connectivity index (χ2v) is 5.15. The van der Waals surface area contributed by atoms with Crippen LogP contribution in [-0.4, -0.2) is 39.6 Å². The minimum absolute atomic E-state index is 0.255. The lowest BCUT2D eigenvalue weighted by molar-refractivity contribution is -0.141. The summed E-state index contributed by atoms with van der Waals surface area (Å²) in [6, 6.07) is 1.13. The first-order chi connectivity index (χ1) is 9.85. The quantitative estimate of drug-likeness (QED) is 0.920. The van der Waals surface area contributed by atoms with Crippen molar-refractivity contribution >= 4 is 17.0 Å². The molecule has 21 heavy (non-hydrogen) atoms. The summed E-state index contributed by atoms with van der Waals surface area (Å²) in [6.07, 6.45) is 0.320. The van der Waals surface area contributed by atoms with Gasteiger partial charge in [-0.2, -0.15) is 0 Å². The highest BCUT2D eigenvalue weighted by Gasteiger charge is 2.24. The van der Waals surface area contributed by atoms with E-state index in [-0.39, 0.29) is 5.52 Å². The predicted octanol–water partition coefficient (Wildman–Crippen LogP) is 2.41. The van der Waals surface area contributed by atoms with Crippen LogP contribution in [0, 0.1) is 11.6 Å². The third-order valence-electron chi connectivity index (χ3n) is 3.25. The van der Waals surface area contributed by atoms with Crippen LogP contribution in [0.3, 0.4) is 0 Å². The molecule has 0 amide bonds. The number of aromatic nitrogens is 2. The van der Waals surface area contributed by atoms with E-state index in [1.807, 2.05) is 19.0 Å². The zero-order chi connectivity index (χ0) is 15.7. The molecule has 0 bridgehead atoms. The Balaban J connectivity index is 2.72. The lowest BCUT2D eigenvalue weighted by Gasteiger charge is -2.18. The molecule has 1 unspecified atom stereocenters. The van der Waals surface area contributed by atoms with Crippen LogP contribution in [0.4, 0.5) is 8.78 Å². The zero-order valence-electron chi connectivity index (χ0n) is 12.1. The highest BCUT2D eigenvalue weighted by atomic mass is 19.2. The molecule has 0 radical (unpaired) electrons. The molecule has 5 nitrogen and oxygen atoms in total. The SMILES string of the molecule is CCC(C(=O)O)n1c(CN(C)C)nc2cc(F)c(F)cc21. The molecule has 0 aliphatic rings. The Morgan fingerprint density at radius 2 is 2.00 bits per heavy atom. The number of benzene rings is 1. The van der Waals surface area contributed by atoms with E-state index in [9.17, 15) is 18.7 Å². The van der Waals surface area contributed by atoms with Gasteiger partial charge in [-0.1, -0.05) is 6.92 Å². The van der Waals surface area contributed by atoms with E-state index in [0.717, 1.165) is 12.1 Å². The smallest absolute Gasteiger partial charge is 0.326 e. The van der Waals surface area contributed by atoms with Crippen LogP contribution < -0.4 is 0 Å². The van der Waals surface area contributed by atoms with Crippen LogP contribution in [0.25, 0.3) is 11.0 Å². The summed E-state index contributed by atoms with van der Waals surface area (Å²) in [4.78, 5) is 17.5. The van der Waals surface area contributed by atoms with Gasteiger partial charge in [0.15, 0.2) is 11.6 Å². The predicted molar refractivity (Wildman–Crippen MR) is 74.0 cm³/mol. The lowest BCUT2D eigenvalue weighted by Crippen LogP contribution is -2.23. The highest BCUT2D eigenvalue weighted by Crippen LogP contribution is 2.26. The van der Waals surface area contributed by atoms with Gasteiger partial charge in [-0.25, -0.2) is 18.6 Å². The standard InChI is InChI=1S/C14H17F2N3O2/c1-4-11(14(20)21)19-12-6-9(16)8(15)5-10(12)17-13(19)7-18(2)3/h5-6,11H,4,7H2,1-3H3,(H,20,21). The molecule has 114 valence electrons. The van der Waals surface area contributed by atoms with Crippen LogP contribution in [0.1, 0.15) is 25.2 Å². The van der Waals surface area contributed by atoms with Gasteiger partial charge in [0.1, 0.15) is 11.9 Å². The first kappa shape index (κ1) is 15.4. The zero-order valence-corrected chi connectivity index (χ0v) is 12.1. The fourth-order valence-electron chi connectivity index (χ4n) is 2.35. The number of aliphatic carboxylic acids is 1. The summed E-state index contributed by atoms with van der Waals surface area (Å²) < 4.78 is 28.3. The molecule has 1 atom stereocenters. The van der Waals surface area contributed by atoms with Crippen molar-refractivity contribution in [1.29, 1.82) is 0 Å². The summed E-state index contributed by atoms with van der Waals surface area (Å²) in [5, 5.41) is 9.36. The van der Waals surface area contributed by atoms with Crippen molar-refractivity contribution in [3.63, 3.8) is 0 Å². The van der Waals surface area contributed by atoms with Crippen molar-refractivity contribution in [2.45, 2.75) is 25.9 Å². The van der Waals surface area contributed by atoms with E-state index in [2.05, 4.69) is 4.98 Å². The Labute approximate surface area is 120 Å². The van der Waals surface area contributed by atoms with Crippen LogP contribution >= 0.6 is 0 Å². The summed E-state index contributed by atoms with van der Waals surface area (Å²) in [6.45, 7) is 2.10. The minimum Gasteiger partial charge on any atom is -0.480 e. The average Bonchev–Trinajstić information content (AvgIpc) is 2.68. The van der Waals surface area contributed by atoms with E-state index in [4.69, 9.17) is 0 Å². The molecule has 0 saturated heterocycles. The van der Waals surface area contributed by atoms with Gasteiger partial charge in [-0.05, 0) is 20.5 Å². The van der Waals surface area contributed by atoms with E-state index in [1.165, 1.54) is 4.57 Å². The Kier molecular flexibility index (Phi) is 4.22. The van der Waals surface area contributed by atoms with E-state index < -0.39 is 23.6 Å². The lowest BCUT2D eigenvalue weighted by atomic mass is 10.2. The van der Waals surface area contributed by atoms with Crippen molar-refractivity contribution < 1.29 is 18.7 Å². The number of hydrogen-bond donors (Lipinski definition) is 1. The Morgan fingerprint density at radius 3 is 2.52 bits per heavy atom. The highest BCUT2D eigenvalue weighted by molar-refractivity contribution is 5.80. The largest absolute Gasteiger partial charge is 0.480 e. The Morgan fingerprint density at radius 1 is 1.38 bits per heavy atom. The van der Waals surface area contributed by atoms with Gasteiger partial charge in [0, 0.05) is 12.1 Å². The summed E-state index contributed by atoms with van der Waals surface area (Å²) in [5.41, 5.74) is 0.547. The number of hydrogen-bond acceptors (Lipinski definition) is 3. The van der Waals surface area contributed by atoms with Crippen molar-refractivity contribution in [2.24, 2.45) is 0 Å². The van der Waals surface area contributed by atoms with Crippen molar-refractivity contribution in [3.05, 3.63) is 29.6 Å². The number of carbonyl (C=O) groups is 1. The van der Waals surface area contributed by atoms with Gasteiger partial charge in [-0.15, -0.1) is 0 Å². The van der Waals surface area contributed by atoms with Gasteiger partial charge in [0.2, 0.25) is 0 Å². The maximum absolute atomic E-state index is 13.5. The molecule has 0 aliphatic carbocycles. The maximum Gasteiger partial charge on any atom is 0.326 e. The molecule has 0 saturated carbocycles. The first-order valence-electron chi connectivity index (χ1n) is 6.58. The van der Waals surface area contributed by atoms with E-state index >= 15 is 0 Å². The molecular formula is C14H17F2N3O2. The van der Waals surface area contributed by atoms with Crippen LogP contribution in [-0.2, 0) is 11.3 Å². The summed E-state index contributed by atoms with van der Waals surface area (Å²) in [5.74, 6) is -2.57. The molecule has 2 rings (SSSR count). The molecule has 1 aromatic carbocycles. The number of rotatable bonds is 5. The van der Waals surface area contributed by atoms with Crippen LogP contribution in [0.5, 0.6) is 0 Å². The second-order valence-electron chi connectivity index (χ2n) is 5.15. The van der Waals surface area contributed by atoms with Crippen molar-refractivity contribution in [1.82, 2.24) is 14.5 Å². The van der Waals surface area contributed by atoms with Gasteiger partial charge in [0.25, 0.3) is 0 Å². The third kappa shape index (κ3) is 2.87. The van der Waals surface area contributed by atoms with E-state index in [0.29, 0.717) is 24.3 Å². The Hall–Kier alpha value is -2.02. The molecule has 0 fully saturated rings. The average molecular weight is 297 g/mol. The number of nitrogens with zero attached hydrogens (tertiary/aromatic N) is 3. The number of halogens is 2. The number of carboxylic acid groups (broad SMARTS) is 1. The van der Waals surface area contributed by atoms with Crippen LogP contribution in [0.2, 0.25) is 0 Å². The minimum atomic E-state index is -1.03. The second kappa shape index (κ2) is 5.77. The molecule has 2 aromatic rings. The van der Waals surface area contributed by atoms with E-state index in [1.54, 1.807) is 6.92 Å². The van der Waals surface area contributed by atoms with Crippen molar-refractivity contribution in [2.75, 3.05) is 14.1 Å². The van der Waals surface area contributed by atoms with Gasteiger partial charge >= 0.3 is 5.97 Å². The third-order valence-corrected chi connectivity index (χ3v) is 3.25. The molecule has 7 heteroatoms. The molecule has 1 heterocycles.